The van der Waals surface area contributed by atoms with E-state index in [-0.39, 0.29) is 0 Å². The van der Waals surface area contributed by atoms with Gasteiger partial charge < -0.3 is 5.32 Å². The Kier molecular flexibility index (Phi) is 5.14. The average molecular weight is 296 g/mol. The molecule has 1 aliphatic rings. The van der Waals surface area contributed by atoms with E-state index in [0.29, 0.717) is 5.92 Å². The van der Waals surface area contributed by atoms with Gasteiger partial charge in [0.25, 0.3) is 0 Å². The van der Waals surface area contributed by atoms with E-state index in [4.69, 9.17) is 0 Å². The first-order valence-corrected chi connectivity index (χ1v) is 8.06. The molecule has 116 valence electrons. The molecule has 1 atom stereocenters. The largest absolute Gasteiger partial charge is 0.315 e. The quantitative estimate of drug-likeness (QED) is 0.937. The van der Waals surface area contributed by atoms with Crippen molar-refractivity contribution >= 4 is 0 Å². The van der Waals surface area contributed by atoms with E-state index >= 15 is 0 Å². The van der Waals surface area contributed by atoms with E-state index in [9.17, 15) is 0 Å². The summed E-state index contributed by atoms with van der Waals surface area (Å²) in [4.78, 5) is 2.54. The summed E-state index contributed by atoms with van der Waals surface area (Å²) in [5.74, 6) is 0.586. The second-order valence-electron chi connectivity index (χ2n) is 6.16. The molecule has 0 amide bonds. The van der Waals surface area contributed by atoms with Gasteiger partial charge in [0.2, 0.25) is 0 Å². The van der Waals surface area contributed by atoms with Crippen LogP contribution in [0, 0.1) is 12.8 Å². The number of nitrogens with zero attached hydrogens (tertiary/aromatic N) is 3. The molecule has 0 spiro atoms. The zero-order chi connectivity index (χ0) is 15.2. The molecule has 1 N–H and O–H groups in total. The minimum atomic E-state index is 0.586. The highest BCUT2D eigenvalue weighted by Crippen LogP contribution is 2.13. The Morgan fingerprint density at radius 1 is 1.14 bits per heavy atom. The summed E-state index contributed by atoms with van der Waals surface area (Å²) in [6.45, 7) is 7.33. The standard InChI is InChI=1S/C18H24N4/c1-15-7-8-18(21-20-15)11-17-12-19-9-10-22(14-17)13-16-5-3-2-4-6-16/h2-8,17,19H,9-14H2,1H3/t17-/m0/s1. The van der Waals surface area contributed by atoms with Crippen LogP contribution in [0.25, 0.3) is 0 Å². The van der Waals surface area contributed by atoms with Gasteiger partial charge >= 0.3 is 0 Å². The molecular weight excluding hydrogens is 272 g/mol. The fourth-order valence-corrected chi connectivity index (χ4v) is 3.02. The molecule has 2 aromatic rings. The van der Waals surface area contributed by atoms with Gasteiger partial charge in [0.05, 0.1) is 11.4 Å². The maximum Gasteiger partial charge on any atom is 0.0635 e. The predicted octanol–water partition coefficient (Wildman–Crippen LogP) is 2.05. The molecule has 0 bridgehead atoms. The first-order chi connectivity index (χ1) is 10.8. The Morgan fingerprint density at radius 3 is 2.77 bits per heavy atom. The minimum absolute atomic E-state index is 0.586. The van der Waals surface area contributed by atoms with Crippen molar-refractivity contribution in [3.8, 4) is 0 Å². The summed E-state index contributed by atoms with van der Waals surface area (Å²) in [6, 6.07) is 14.9. The van der Waals surface area contributed by atoms with E-state index < -0.39 is 0 Å². The van der Waals surface area contributed by atoms with Crippen LogP contribution in [0.4, 0.5) is 0 Å². The molecular formula is C18H24N4. The molecule has 0 aliphatic carbocycles. The zero-order valence-electron chi connectivity index (χ0n) is 13.2. The summed E-state index contributed by atoms with van der Waals surface area (Å²) >= 11 is 0. The third-order valence-electron chi connectivity index (χ3n) is 4.15. The van der Waals surface area contributed by atoms with Crippen molar-refractivity contribution in [3.63, 3.8) is 0 Å². The maximum atomic E-state index is 4.32. The summed E-state index contributed by atoms with van der Waals surface area (Å²) in [5, 5.41) is 12.0. The van der Waals surface area contributed by atoms with Gasteiger partial charge in [-0.3, -0.25) is 4.90 Å². The Labute approximate surface area is 132 Å². The fourth-order valence-electron chi connectivity index (χ4n) is 3.02. The molecule has 1 aromatic heterocycles. The van der Waals surface area contributed by atoms with E-state index in [2.05, 4.69) is 56.8 Å². The van der Waals surface area contributed by atoms with Crippen molar-refractivity contribution in [1.82, 2.24) is 20.4 Å². The maximum absolute atomic E-state index is 4.32. The lowest BCUT2D eigenvalue weighted by molar-refractivity contribution is 0.248. The van der Waals surface area contributed by atoms with Crippen molar-refractivity contribution in [2.75, 3.05) is 26.2 Å². The van der Waals surface area contributed by atoms with E-state index in [1.165, 1.54) is 5.56 Å². The van der Waals surface area contributed by atoms with Gasteiger partial charge in [-0.1, -0.05) is 30.3 Å². The van der Waals surface area contributed by atoms with E-state index in [1.807, 2.05) is 13.0 Å². The van der Waals surface area contributed by atoms with Crippen molar-refractivity contribution in [3.05, 3.63) is 59.4 Å². The topological polar surface area (TPSA) is 41.0 Å². The number of rotatable bonds is 4. The van der Waals surface area contributed by atoms with Crippen LogP contribution in [0.2, 0.25) is 0 Å². The SMILES string of the molecule is Cc1ccc(C[C@H]2CNCCN(Cc3ccccc3)C2)nn1. The molecule has 1 aliphatic heterocycles. The van der Waals surface area contributed by atoms with Gasteiger partial charge in [0.15, 0.2) is 0 Å². The minimum Gasteiger partial charge on any atom is -0.315 e. The lowest BCUT2D eigenvalue weighted by Crippen LogP contribution is -2.30. The van der Waals surface area contributed by atoms with Crippen LogP contribution < -0.4 is 5.32 Å². The Balaban J connectivity index is 1.61. The van der Waals surface area contributed by atoms with E-state index in [1.54, 1.807) is 0 Å². The number of hydrogen-bond donors (Lipinski definition) is 1. The molecule has 2 heterocycles. The lowest BCUT2D eigenvalue weighted by Gasteiger charge is -2.23. The highest BCUT2D eigenvalue weighted by molar-refractivity contribution is 5.14. The van der Waals surface area contributed by atoms with Gasteiger partial charge in [-0.05, 0) is 43.5 Å². The van der Waals surface area contributed by atoms with Crippen molar-refractivity contribution in [2.24, 2.45) is 5.92 Å². The number of benzene rings is 1. The van der Waals surface area contributed by atoms with Crippen LogP contribution in [0.3, 0.4) is 0 Å². The second kappa shape index (κ2) is 7.47. The predicted molar refractivity (Wildman–Crippen MR) is 88.6 cm³/mol. The number of nitrogens with one attached hydrogen (secondary N) is 1. The van der Waals surface area contributed by atoms with Crippen LogP contribution in [-0.4, -0.2) is 41.3 Å². The Hall–Kier alpha value is -1.78. The summed E-state index contributed by atoms with van der Waals surface area (Å²) in [6.07, 6.45) is 0.992. The molecule has 1 saturated heterocycles. The molecule has 4 heteroatoms. The fraction of sp³-hybridized carbons (Fsp3) is 0.444. The lowest BCUT2D eigenvalue weighted by atomic mass is 10.0. The van der Waals surface area contributed by atoms with Crippen LogP contribution in [-0.2, 0) is 13.0 Å². The average Bonchev–Trinajstić information content (AvgIpc) is 2.76. The zero-order valence-corrected chi connectivity index (χ0v) is 13.2. The number of aryl methyl sites for hydroxylation is 1. The highest BCUT2D eigenvalue weighted by Gasteiger charge is 2.19. The second-order valence-corrected chi connectivity index (χ2v) is 6.16. The molecule has 22 heavy (non-hydrogen) atoms. The van der Waals surface area contributed by atoms with Crippen molar-refractivity contribution in [2.45, 2.75) is 19.9 Å². The highest BCUT2D eigenvalue weighted by atomic mass is 15.2. The van der Waals surface area contributed by atoms with Crippen molar-refractivity contribution < 1.29 is 0 Å². The van der Waals surface area contributed by atoms with Gasteiger partial charge in [0, 0.05) is 26.2 Å². The van der Waals surface area contributed by atoms with Gasteiger partial charge in [-0.2, -0.15) is 10.2 Å². The van der Waals surface area contributed by atoms with Crippen molar-refractivity contribution in [1.29, 1.82) is 0 Å². The number of aromatic nitrogens is 2. The summed E-state index contributed by atoms with van der Waals surface area (Å²) in [7, 11) is 0. The van der Waals surface area contributed by atoms with Crippen LogP contribution in [0.5, 0.6) is 0 Å². The Morgan fingerprint density at radius 2 is 2.00 bits per heavy atom. The van der Waals surface area contributed by atoms with Gasteiger partial charge in [0.1, 0.15) is 0 Å². The van der Waals surface area contributed by atoms with Crippen LogP contribution >= 0.6 is 0 Å². The molecule has 0 saturated carbocycles. The van der Waals surface area contributed by atoms with Gasteiger partial charge in [-0.25, -0.2) is 0 Å². The van der Waals surface area contributed by atoms with Crippen LogP contribution in [0.15, 0.2) is 42.5 Å². The summed E-state index contributed by atoms with van der Waals surface area (Å²) < 4.78 is 0. The third-order valence-corrected chi connectivity index (χ3v) is 4.15. The smallest absolute Gasteiger partial charge is 0.0635 e. The molecule has 1 aromatic carbocycles. The molecule has 1 fully saturated rings. The first kappa shape index (κ1) is 15.1. The number of hydrogen-bond acceptors (Lipinski definition) is 4. The molecule has 3 rings (SSSR count). The third kappa shape index (κ3) is 4.36. The van der Waals surface area contributed by atoms with Gasteiger partial charge in [-0.15, -0.1) is 0 Å². The first-order valence-electron chi connectivity index (χ1n) is 8.06. The normalized spacial score (nSPS) is 19.8. The molecule has 4 nitrogen and oxygen atoms in total. The molecule has 0 radical (unpaired) electrons. The van der Waals surface area contributed by atoms with Crippen LogP contribution in [0.1, 0.15) is 17.0 Å². The van der Waals surface area contributed by atoms with E-state index in [0.717, 1.165) is 50.5 Å². The Bertz CT molecular complexity index is 567. The summed E-state index contributed by atoms with van der Waals surface area (Å²) in [5.41, 5.74) is 3.46. The molecule has 0 unspecified atom stereocenters. The monoisotopic (exact) mass is 296 g/mol.